The summed E-state index contributed by atoms with van der Waals surface area (Å²) in [5.74, 6) is -2.15. The van der Waals surface area contributed by atoms with Gasteiger partial charge >= 0.3 is 12.1 Å². The van der Waals surface area contributed by atoms with Gasteiger partial charge in [-0.2, -0.15) is 13.2 Å². The maximum Gasteiger partial charge on any atom is 0.490 e. The third kappa shape index (κ3) is 3.80. The summed E-state index contributed by atoms with van der Waals surface area (Å²) in [6.07, 6.45) is -3.13. The van der Waals surface area contributed by atoms with Crippen molar-refractivity contribution in [3.8, 4) is 11.1 Å². The molecule has 3 fully saturated rings. The number of rotatable bonds is 5. The van der Waals surface area contributed by atoms with E-state index in [1.54, 1.807) is 30.3 Å². The van der Waals surface area contributed by atoms with Crippen LogP contribution in [0.1, 0.15) is 30.4 Å². The maximum atomic E-state index is 13.7. The summed E-state index contributed by atoms with van der Waals surface area (Å²) in [6.45, 7) is 2.32. The maximum absolute atomic E-state index is 13.7. The van der Waals surface area contributed by atoms with Crippen molar-refractivity contribution in [1.82, 2.24) is 4.90 Å². The molecule has 3 nitrogen and oxygen atoms in total. The largest absolute Gasteiger partial charge is 0.490 e. The highest BCUT2D eigenvalue weighted by Gasteiger charge is 2.61. The Labute approximate surface area is 197 Å². The van der Waals surface area contributed by atoms with Gasteiger partial charge in [-0.1, -0.05) is 78.9 Å². The second-order valence-electron chi connectivity index (χ2n) is 9.25. The van der Waals surface area contributed by atoms with Gasteiger partial charge in [-0.05, 0) is 56.1 Å². The van der Waals surface area contributed by atoms with Crippen LogP contribution >= 0.6 is 0 Å². The Hall–Kier alpha value is -3.12. The van der Waals surface area contributed by atoms with Gasteiger partial charge in [0.05, 0.1) is 0 Å². The average Bonchev–Trinajstić information content (AvgIpc) is 2.88. The highest BCUT2D eigenvalue weighted by Crippen LogP contribution is 2.58. The molecule has 3 heterocycles. The van der Waals surface area contributed by atoms with E-state index in [1.807, 2.05) is 54.6 Å². The SMILES string of the molecule is O=C(OC(c1ccccc1)(c1cccc(-c2ccccc2)c1)C12CCN(CC1)CC2)C(F)(F)F. The van der Waals surface area contributed by atoms with E-state index in [2.05, 4.69) is 4.90 Å². The fourth-order valence-corrected chi connectivity index (χ4v) is 5.78. The fourth-order valence-electron chi connectivity index (χ4n) is 5.78. The first kappa shape index (κ1) is 22.7. The van der Waals surface area contributed by atoms with Crippen molar-refractivity contribution in [3.05, 3.63) is 96.1 Å². The molecular formula is C28H26F3NO2. The second kappa shape index (κ2) is 8.58. The van der Waals surface area contributed by atoms with Gasteiger partial charge in [0.15, 0.2) is 5.60 Å². The molecule has 0 saturated carbocycles. The van der Waals surface area contributed by atoms with Crippen LogP contribution in [-0.2, 0) is 15.1 Å². The molecule has 176 valence electrons. The lowest BCUT2D eigenvalue weighted by Gasteiger charge is -2.57. The third-order valence-electron chi connectivity index (χ3n) is 7.50. The quantitative estimate of drug-likeness (QED) is 0.421. The predicted molar refractivity (Wildman–Crippen MR) is 124 cm³/mol. The number of alkyl halides is 3. The van der Waals surface area contributed by atoms with Gasteiger partial charge in [0.1, 0.15) is 0 Å². The first-order chi connectivity index (χ1) is 16.3. The smallest absolute Gasteiger partial charge is 0.442 e. The van der Waals surface area contributed by atoms with Crippen LogP contribution in [0.25, 0.3) is 11.1 Å². The van der Waals surface area contributed by atoms with Crippen LogP contribution in [0.4, 0.5) is 13.2 Å². The zero-order valence-electron chi connectivity index (χ0n) is 18.7. The first-order valence-corrected chi connectivity index (χ1v) is 11.6. The van der Waals surface area contributed by atoms with Crippen LogP contribution in [0.5, 0.6) is 0 Å². The lowest BCUT2D eigenvalue weighted by atomic mass is 9.56. The number of esters is 1. The van der Waals surface area contributed by atoms with Gasteiger partial charge < -0.3 is 9.64 Å². The molecule has 1 unspecified atom stereocenters. The first-order valence-electron chi connectivity index (χ1n) is 11.6. The van der Waals surface area contributed by atoms with Gasteiger partial charge in [0.2, 0.25) is 0 Å². The molecule has 3 aromatic rings. The summed E-state index contributed by atoms with van der Waals surface area (Å²) < 4.78 is 46.8. The molecule has 6 rings (SSSR count). The molecule has 0 amide bonds. The van der Waals surface area contributed by atoms with E-state index in [9.17, 15) is 18.0 Å². The molecule has 0 N–H and O–H groups in total. The highest BCUT2D eigenvalue weighted by molar-refractivity contribution is 5.77. The number of nitrogens with zero attached hydrogens (tertiary/aromatic N) is 1. The lowest BCUT2D eigenvalue weighted by Crippen LogP contribution is -2.60. The molecule has 34 heavy (non-hydrogen) atoms. The van der Waals surface area contributed by atoms with Crippen molar-refractivity contribution in [2.45, 2.75) is 31.0 Å². The molecule has 0 spiro atoms. The topological polar surface area (TPSA) is 29.5 Å². The minimum absolute atomic E-state index is 0.577. The molecule has 1 atom stereocenters. The van der Waals surface area contributed by atoms with E-state index in [4.69, 9.17) is 4.74 Å². The Morgan fingerprint density at radius 2 is 1.26 bits per heavy atom. The minimum Gasteiger partial charge on any atom is -0.442 e. The Morgan fingerprint density at radius 3 is 1.85 bits per heavy atom. The van der Waals surface area contributed by atoms with Crippen LogP contribution in [0.3, 0.4) is 0 Å². The Kier molecular flexibility index (Phi) is 5.72. The standard InChI is InChI=1S/C28H26F3NO2/c29-28(30,31)25(33)34-27(23-11-5-2-6-12-23,26-14-17-32(18-15-26)19-16-26)24-13-7-10-22(20-24)21-8-3-1-4-9-21/h1-13,20H,14-19H2. The van der Waals surface area contributed by atoms with Gasteiger partial charge in [-0.15, -0.1) is 0 Å². The number of piperidine rings is 3. The molecular weight excluding hydrogens is 439 g/mol. The summed E-state index contributed by atoms with van der Waals surface area (Å²) >= 11 is 0. The number of benzene rings is 3. The molecule has 3 saturated heterocycles. The highest BCUT2D eigenvalue weighted by atomic mass is 19.4. The molecule has 0 radical (unpaired) electrons. The van der Waals surface area contributed by atoms with Crippen LogP contribution in [0.2, 0.25) is 0 Å². The van der Waals surface area contributed by atoms with Crippen molar-refractivity contribution in [2.75, 3.05) is 19.6 Å². The second-order valence-corrected chi connectivity index (χ2v) is 9.25. The third-order valence-corrected chi connectivity index (χ3v) is 7.50. The zero-order valence-corrected chi connectivity index (χ0v) is 18.7. The van der Waals surface area contributed by atoms with Crippen LogP contribution in [0, 0.1) is 5.41 Å². The molecule has 3 aliphatic rings. The lowest BCUT2D eigenvalue weighted by molar-refractivity contribution is -0.230. The van der Waals surface area contributed by atoms with Gasteiger partial charge in [0, 0.05) is 16.5 Å². The number of carbonyl (C=O) groups excluding carboxylic acids is 1. The fraction of sp³-hybridized carbons (Fsp3) is 0.321. The summed E-state index contributed by atoms with van der Waals surface area (Å²) in [6, 6.07) is 26.1. The zero-order chi connectivity index (χ0) is 23.8. The molecule has 0 aromatic heterocycles. The van der Waals surface area contributed by atoms with Crippen LogP contribution in [-0.4, -0.2) is 36.7 Å². The Balaban J connectivity index is 1.76. The van der Waals surface area contributed by atoms with Crippen molar-refractivity contribution < 1.29 is 22.7 Å². The summed E-state index contributed by atoms with van der Waals surface area (Å²) in [5.41, 5.74) is 0.772. The summed E-state index contributed by atoms with van der Waals surface area (Å²) in [4.78, 5) is 14.9. The number of ether oxygens (including phenoxy) is 1. The van der Waals surface area contributed by atoms with E-state index in [-0.39, 0.29) is 0 Å². The molecule has 2 bridgehead atoms. The van der Waals surface area contributed by atoms with E-state index in [0.717, 1.165) is 30.8 Å². The minimum atomic E-state index is -5.09. The van der Waals surface area contributed by atoms with Gasteiger partial charge in [-0.25, -0.2) is 4.79 Å². The molecule has 6 heteroatoms. The van der Waals surface area contributed by atoms with E-state index < -0.39 is 23.2 Å². The van der Waals surface area contributed by atoms with E-state index in [0.29, 0.717) is 30.4 Å². The van der Waals surface area contributed by atoms with Crippen LogP contribution < -0.4 is 0 Å². The molecule has 3 aromatic carbocycles. The van der Waals surface area contributed by atoms with Crippen molar-refractivity contribution in [1.29, 1.82) is 0 Å². The van der Waals surface area contributed by atoms with Crippen molar-refractivity contribution >= 4 is 5.97 Å². The number of halogens is 3. The van der Waals surface area contributed by atoms with Crippen molar-refractivity contribution in [2.24, 2.45) is 5.41 Å². The number of hydrogen-bond donors (Lipinski definition) is 0. The Morgan fingerprint density at radius 1 is 0.735 bits per heavy atom. The van der Waals surface area contributed by atoms with Gasteiger partial charge in [-0.3, -0.25) is 0 Å². The normalized spacial score (nSPS) is 23.8. The number of fused-ring (bicyclic) bond motifs is 3. The summed E-state index contributed by atoms with van der Waals surface area (Å²) in [7, 11) is 0. The van der Waals surface area contributed by atoms with Gasteiger partial charge in [0.25, 0.3) is 0 Å². The molecule has 0 aliphatic carbocycles. The monoisotopic (exact) mass is 465 g/mol. The molecule has 3 aliphatic heterocycles. The number of carbonyl (C=O) groups is 1. The predicted octanol–water partition coefficient (Wildman–Crippen LogP) is 6.19. The number of hydrogen-bond acceptors (Lipinski definition) is 3. The Bertz CT molecular complexity index is 1140. The summed E-state index contributed by atoms with van der Waals surface area (Å²) in [5, 5.41) is 0. The van der Waals surface area contributed by atoms with E-state index in [1.165, 1.54) is 0 Å². The average molecular weight is 466 g/mol. The van der Waals surface area contributed by atoms with Crippen molar-refractivity contribution in [3.63, 3.8) is 0 Å². The van der Waals surface area contributed by atoms with E-state index >= 15 is 0 Å². The van der Waals surface area contributed by atoms with Crippen LogP contribution in [0.15, 0.2) is 84.9 Å².